The maximum absolute atomic E-state index is 6.45. The van der Waals surface area contributed by atoms with Crippen LogP contribution in [0.3, 0.4) is 0 Å². The van der Waals surface area contributed by atoms with Gasteiger partial charge in [-0.3, -0.25) is 4.68 Å². The summed E-state index contributed by atoms with van der Waals surface area (Å²) in [5, 5.41) is 9.14. The van der Waals surface area contributed by atoms with E-state index in [1.54, 1.807) is 0 Å². The minimum atomic E-state index is 0.436. The third kappa shape index (κ3) is 2.68. The van der Waals surface area contributed by atoms with Crippen molar-refractivity contribution in [3.63, 3.8) is 0 Å². The molecule has 106 valence electrons. The van der Waals surface area contributed by atoms with E-state index in [1.165, 1.54) is 37.8 Å². The van der Waals surface area contributed by atoms with Gasteiger partial charge in [0, 0.05) is 19.1 Å². The van der Waals surface area contributed by atoms with Crippen molar-refractivity contribution in [2.24, 2.45) is 5.41 Å². The van der Waals surface area contributed by atoms with E-state index in [0.717, 1.165) is 36.3 Å². The van der Waals surface area contributed by atoms with Gasteiger partial charge in [0.05, 0.1) is 16.4 Å². The van der Waals surface area contributed by atoms with E-state index in [1.807, 2.05) is 6.92 Å². The number of aromatic nitrogens is 2. The van der Waals surface area contributed by atoms with Gasteiger partial charge in [-0.15, -0.1) is 0 Å². The van der Waals surface area contributed by atoms with Gasteiger partial charge in [-0.1, -0.05) is 18.0 Å². The summed E-state index contributed by atoms with van der Waals surface area (Å²) in [4.78, 5) is 0. The normalized spacial score (nSPS) is 21.4. The first-order chi connectivity index (χ1) is 9.13. The Morgan fingerprint density at radius 1 is 1.42 bits per heavy atom. The van der Waals surface area contributed by atoms with Crippen LogP contribution in [-0.2, 0) is 13.0 Å². The Labute approximate surface area is 120 Å². The minimum absolute atomic E-state index is 0.436. The summed E-state index contributed by atoms with van der Waals surface area (Å²) in [5.41, 5.74) is 2.66. The topological polar surface area (TPSA) is 29.9 Å². The highest BCUT2D eigenvalue weighted by atomic mass is 35.5. The van der Waals surface area contributed by atoms with Crippen molar-refractivity contribution >= 4 is 11.6 Å². The third-order valence-electron chi connectivity index (χ3n) is 4.75. The molecular weight excluding hydrogens is 258 g/mol. The molecule has 0 radical (unpaired) electrons. The van der Waals surface area contributed by atoms with Gasteiger partial charge in [0.1, 0.15) is 0 Å². The molecule has 2 aliphatic carbocycles. The van der Waals surface area contributed by atoms with E-state index >= 15 is 0 Å². The Bertz CT molecular complexity index is 458. The molecule has 1 aromatic heterocycles. The third-order valence-corrected chi connectivity index (χ3v) is 5.24. The quantitative estimate of drug-likeness (QED) is 0.867. The van der Waals surface area contributed by atoms with Crippen molar-refractivity contribution in [2.75, 3.05) is 6.54 Å². The lowest BCUT2D eigenvalue weighted by molar-refractivity contribution is 0.126. The van der Waals surface area contributed by atoms with Gasteiger partial charge in [0.15, 0.2) is 0 Å². The Hall–Kier alpha value is -0.540. The van der Waals surface area contributed by atoms with Crippen molar-refractivity contribution in [2.45, 2.75) is 65.0 Å². The van der Waals surface area contributed by atoms with E-state index < -0.39 is 0 Å². The molecule has 3 nitrogen and oxygen atoms in total. The van der Waals surface area contributed by atoms with Crippen LogP contribution in [0.1, 0.15) is 50.4 Å². The molecule has 0 spiro atoms. The highest BCUT2D eigenvalue weighted by molar-refractivity contribution is 6.31. The van der Waals surface area contributed by atoms with Crippen molar-refractivity contribution in [3.8, 4) is 0 Å². The van der Waals surface area contributed by atoms with Gasteiger partial charge < -0.3 is 5.32 Å². The summed E-state index contributed by atoms with van der Waals surface area (Å²) >= 11 is 6.45. The molecule has 0 saturated heterocycles. The summed E-state index contributed by atoms with van der Waals surface area (Å²) < 4.78 is 2.09. The molecule has 1 N–H and O–H groups in total. The number of hydrogen-bond acceptors (Lipinski definition) is 2. The van der Waals surface area contributed by atoms with Crippen LogP contribution in [0.5, 0.6) is 0 Å². The van der Waals surface area contributed by atoms with E-state index in [2.05, 4.69) is 22.0 Å². The molecule has 0 atom stereocenters. The van der Waals surface area contributed by atoms with Crippen LogP contribution in [0.4, 0.5) is 0 Å². The predicted octanol–water partition coefficient (Wildman–Crippen LogP) is 3.33. The van der Waals surface area contributed by atoms with Gasteiger partial charge >= 0.3 is 0 Å². The van der Waals surface area contributed by atoms with Gasteiger partial charge in [-0.05, 0) is 51.4 Å². The van der Waals surface area contributed by atoms with Crippen LogP contribution in [0, 0.1) is 12.3 Å². The Morgan fingerprint density at radius 2 is 2.16 bits per heavy atom. The zero-order chi connectivity index (χ0) is 13.5. The highest BCUT2D eigenvalue weighted by Gasteiger charge is 2.39. The Balaban J connectivity index is 1.74. The molecule has 2 aliphatic rings. The van der Waals surface area contributed by atoms with E-state index in [4.69, 9.17) is 11.6 Å². The zero-order valence-corrected chi connectivity index (χ0v) is 12.8. The molecule has 0 unspecified atom stereocenters. The molecule has 4 heteroatoms. The number of nitrogens with zero attached hydrogens (tertiary/aromatic N) is 2. The molecule has 3 rings (SSSR count). The molecule has 19 heavy (non-hydrogen) atoms. The van der Waals surface area contributed by atoms with Gasteiger partial charge in [-0.2, -0.15) is 5.10 Å². The van der Waals surface area contributed by atoms with Gasteiger partial charge in [-0.25, -0.2) is 0 Å². The van der Waals surface area contributed by atoms with Crippen molar-refractivity contribution in [3.05, 3.63) is 16.4 Å². The number of hydrogen-bond donors (Lipinski definition) is 1. The monoisotopic (exact) mass is 281 g/mol. The fraction of sp³-hybridized carbons (Fsp3) is 0.800. The summed E-state index contributed by atoms with van der Waals surface area (Å²) in [6.45, 7) is 6.22. The Kier molecular flexibility index (Phi) is 3.61. The lowest BCUT2D eigenvalue weighted by Gasteiger charge is -2.42. The second-order valence-electron chi connectivity index (χ2n) is 6.35. The fourth-order valence-electron chi connectivity index (χ4n) is 3.13. The number of halogens is 1. The lowest BCUT2D eigenvalue weighted by Crippen LogP contribution is -2.42. The zero-order valence-electron chi connectivity index (χ0n) is 12.0. The fourth-order valence-corrected chi connectivity index (χ4v) is 3.34. The highest BCUT2D eigenvalue weighted by Crippen LogP contribution is 2.45. The molecule has 0 bridgehead atoms. The lowest BCUT2D eigenvalue weighted by atomic mass is 9.66. The van der Waals surface area contributed by atoms with E-state index in [9.17, 15) is 0 Å². The van der Waals surface area contributed by atoms with Gasteiger partial charge in [0.2, 0.25) is 0 Å². The SMILES string of the molecule is CCn1nc(C)c(Cl)c1CC1(CNC2CC2)CCC1. The smallest absolute Gasteiger partial charge is 0.0847 e. The van der Waals surface area contributed by atoms with Crippen molar-refractivity contribution in [1.29, 1.82) is 0 Å². The van der Waals surface area contributed by atoms with Crippen LogP contribution in [0.2, 0.25) is 5.02 Å². The number of nitrogens with one attached hydrogen (secondary N) is 1. The maximum atomic E-state index is 6.45. The van der Waals surface area contributed by atoms with Crippen molar-refractivity contribution in [1.82, 2.24) is 15.1 Å². The van der Waals surface area contributed by atoms with Crippen LogP contribution >= 0.6 is 11.6 Å². The molecule has 0 aromatic carbocycles. The van der Waals surface area contributed by atoms with Crippen LogP contribution in [-0.4, -0.2) is 22.4 Å². The number of aryl methyl sites for hydroxylation is 2. The standard InChI is InChI=1S/C15H24ClN3/c1-3-19-13(14(16)11(2)18-19)9-15(7-4-8-15)10-17-12-5-6-12/h12,17H,3-10H2,1-2H3. The second kappa shape index (κ2) is 5.10. The number of rotatable bonds is 6. The first kappa shape index (κ1) is 13.4. The van der Waals surface area contributed by atoms with Gasteiger partial charge in [0.25, 0.3) is 0 Å². The second-order valence-corrected chi connectivity index (χ2v) is 6.73. The molecule has 1 aromatic rings. The predicted molar refractivity (Wildman–Crippen MR) is 78.7 cm³/mol. The summed E-state index contributed by atoms with van der Waals surface area (Å²) in [6.07, 6.45) is 7.84. The van der Waals surface area contributed by atoms with Crippen LogP contribution < -0.4 is 5.32 Å². The molecule has 2 saturated carbocycles. The molecule has 0 aliphatic heterocycles. The average Bonchev–Trinajstić information content (AvgIpc) is 3.14. The first-order valence-corrected chi connectivity index (χ1v) is 7.96. The first-order valence-electron chi connectivity index (χ1n) is 7.59. The molecule has 1 heterocycles. The molecular formula is C15H24ClN3. The van der Waals surface area contributed by atoms with Crippen LogP contribution in [0.25, 0.3) is 0 Å². The summed E-state index contributed by atoms with van der Waals surface area (Å²) in [6, 6.07) is 0.797. The largest absolute Gasteiger partial charge is 0.313 e. The average molecular weight is 282 g/mol. The molecule has 2 fully saturated rings. The van der Waals surface area contributed by atoms with Crippen molar-refractivity contribution < 1.29 is 0 Å². The van der Waals surface area contributed by atoms with Crippen LogP contribution in [0.15, 0.2) is 0 Å². The maximum Gasteiger partial charge on any atom is 0.0847 e. The van der Waals surface area contributed by atoms with E-state index in [0.29, 0.717) is 5.41 Å². The minimum Gasteiger partial charge on any atom is -0.313 e. The van der Waals surface area contributed by atoms with E-state index in [-0.39, 0.29) is 0 Å². The summed E-state index contributed by atoms with van der Waals surface area (Å²) in [5.74, 6) is 0. The molecule has 0 amide bonds. The Morgan fingerprint density at radius 3 is 2.68 bits per heavy atom. The summed E-state index contributed by atoms with van der Waals surface area (Å²) in [7, 11) is 0.